The van der Waals surface area contributed by atoms with Crippen molar-refractivity contribution in [2.24, 2.45) is 5.92 Å². The molecule has 0 heterocycles. The second kappa shape index (κ2) is 3.79. The Morgan fingerprint density at radius 3 is 2.43 bits per heavy atom. The Hall–Kier alpha value is -0.130. The Morgan fingerprint density at radius 2 is 1.93 bits per heavy atom. The van der Waals surface area contributed by atoms with Gasteiger partial charge < -0.3 is 5.11 Å². The first kappa shape index (κ1) is 10.4. The van der Waals surface area contributed by atoms with Crippen molar-refractivity contribution in [2.75, 3.05) is 6.54 Å². The van der Waals surface area contributed by atoms with E-state index in [9.17, 15) is 13.5 Å². The third kappa shape index (κ3) is 2.46. The van der Waals surface area contributed by atoms with Gasteiger partial charge in [0, 0.05) is 6.54 Å². The van der Waals surface area contributed by atoms with E-state index in [0.29, 0.717) is 12.5 Å². The van der Waals surface area contributed by atoms with Gasteiger partial charge in [0.25, 0.3) is 0 Å². The molecular weight excluding hydrogens is 202 g/mol. The highest BCUT2D eigenvalue weighted by Crippen LogP contribution is 2.29. The smallest absolute Gasteiger partial charge is 0.214 e. The largest absolute Gasteiger partial charge is 0.393 e. The van der Waals surface area contributed by atoms with Crippen LogP contribution in [0.3, 0.4) is 0 Å². The van der Waals surface area contributed by atoms with Crippen molar-refractivity contribution in [1.29, 1.82) is 0 Å². The van der Waals surface area contributed by atoms with Gasteiger partial charge in [0.1, 0.15) is 0 Å². The summed E-state index contributed by atoms with van der Waals surface area (Å²) in [6.07, 6.45) is 3.90. The van der Waals surface area contributed by atoms with Crippen LogP contribution in [-0.4, -0.2) is 31.4 Å². The van der Waals surface area contributed by atoms with Gasteiger partial charge in [0.05, 0.1) is 11.4 Å². The van der Waals surface area contributed by atoms with Gasteiger partial charge in [-0.15, -0.1) is 0 Å². The molecule has 2 N–H and O–H groups in total. The zero-order chi connectivity index (χ0) is 10.2. The lowest BCUT2D eigenvalue weighted by atomic mass is 10.1. The summed E-state index contributed by atoms with van der Waals surface area (Å²) in [4.78, 5) is 0. The fourth-order valence-corrected chi connectivity index (χ4v) is 3.42. The van der Waals surface area contributed by atoms with E-state index in [4.69, 9.17) is 0 Å². The summed E-state index contributed by atoms with van der Waals surface area (Å²) < 4.78 is 25.6. The van der Waals surface area contributed by atoms with Crippen LogP contribution in [0.25, 0.3) is 0 Å². The van der Waals surface area contributed by atoms with Crippen molar-refractivity contribution < 1.29 is 13.5 Å². The summed E-state index contributed by atoms with van der Waals surface area (Å²) in [7, 11) is -3.02. The first-order valence-electron chi connectivity index (χ1n) is 5.24. The Balaban J connectivity index is 1.76. The van der Waals surface area contributed by atoms with Crippen molar-refractivity contribution in [3.63, 3.8) is 0 Å². The van der Waals surface area contributed by atoms with Gasteiger partial charge in [-0.2, -0.15) is 0 Å². The molecule has 2 aliphatic carbocycles. The summed E-state index contributed by atoms with van der Waals surface area (Å²) in [6.45, 7) is 0.510. The molecule has 2 fully saturated rings. The molecule has 2 saturated carbocycles. The first-order valence-corrected chi connectivity index (χ1v) is 6.79. The normalized spacial score (nSPS) is 33.5. The maximum atomic E-state index is 11.5. The lowest BCUT2D eigenvalue weighted by molar-refractivity contribution is 0.178. The summed E-state index contributed by atoms with van der Waals surface area (Å²) in [5, 5.41) is 9.14. The van der Waals surface area contributed by atoms with Crippen LogP contribution in [0.4, 0.5) is 0 Å². The average molecular weight is 219 g/mol. The SMILES string of the molecule is O=S(=O)(NCC1CCC(O)C1)C1CC1. The van der Waals surface area contributed by atoms with Gasteiger partial charge in [0.2, 0.25) is 10.0 Å². The van der Waals surface area contributed by atoms with E-state index in [2.05, 4.69) is 4.72 Å². The minimum Gasteiger partial charge on any atom is -0.393 e. The molecule has 0 radical (unpaired) electrons. The summed E-state index contributed by atoms with van der Waals surface area (Å²) in [5.74, 6) is 0.332. The molecule has 5 heteroatoms. The lowest BCUT2D eigenvalue weighted by Crippen LogP contribution is -2.31. The van der Waals surface area contributed by atoms with Crippen molar-refractivity contribution in [3.8, 4) is 0 Å². The van der Waals surface area contributed by atoms with Crippen molar-refractivity contribution in [2.45, 2.75) is 43.5 Å². The molecule has 0 spiro atoms. The third-order valence-electron chi connectivity index (χ3n) is 3.05. The predicted octanol–water partition coefficient (Wildman–Crippen LogP) is 0.229. The molecule has 0 aromatic heterocycles. The minimum atomic E-state index is -3.02. The molecule has 2 rings (SSSR count). The van der Waals surface area contributed by atoms with Gasteiger partial charge in [-0.05, 0) is 38.0 Å². The fourth-order valence-electron chi connectivity index (χ4n) is 1.96. The fraction of sp³-hybridized carbons (Fsp3) is 1.00. The molecule has 0 aromatic rings. The van der Waals surface area contributed by atoms with E-state index in [0.717, 1.165) is 32.1 Å². The van der Waals surface area contributed by atoms with Gasteiger partial charge in [0.15, 0.2) is 0 Å². The molecule has 4 nitrogen and oxygen atoms in total. The standard InChI is InChI=1S/C9H17NO3S/c11-8-2-1-7(5-8)6-10-14(12,13)9-3-4-9/h7-11H,1-6H2. The van der Waals surface area contributed by atoms with Crippen LogP contribution in [0.1, 0.15) is 32.1 Å². The molecule has 2 atom stereocenters. The number of rotatable bonds is 4. The van der Waals surface area contributed by atoms with Crippen LogP contribution in [-0.2, 0) is 10.0 Å². The lowest BCUT2D eigenvalue weighted by Gasteiger charge is -2.10. The Labute approximate surface area is 84.8 Å². The highest BCUT2D eigenvalue weighted by molar-refractivity contribution is 7.90. The number of nitrogens with one attached hydrogen (secondary N) is 1. The second-order valence-corrected chi connectivity index (χ2v) is 6.47. The van der Waals surface area contributed by atoms with E-state index in [1.54, 1.807) is 0 Å². The first-order chi connectivity index (χ1) is 6.58. The van der Waals surface area contributed by atoms with Crippen molar-refractivity contribution in [1.82, 2.24) is 4.72 Å². The molecule has 2 unspecified atom stereocenters. The number of hydrogen-bond donors (Lipinski definition) is 2. The topological polar surface area (TPSA) is 66.4 Å². The average Bonchev–Trinajstić information content (AvgIpc) is 2.89. The summed E-state index contributed by atoms with van der Waals surface area (Å²) >= 11 is 0. The van der Waals surface area contributed by atoms with Gasteiger partial charge in [-0.25, -0.2) is 13.1 Å². The maximum Gasteiger partial charge on any atom is 0.214 e. The number of sulfonamides is 1. The second-order valence-electron chi connectivity index (χ2n) is 4.43. The molecule has 2 aliphatic rings. The van der Waals surface area contributed by atoms with E-state index in [1.807, 2.05) is 0 Å². The van der Waals surface area contributed by atoms with Gasteiger partial charge >= 0.3 is 0 Å². The monoisotopic (exact) mass is 219 g/mol. The third-order valence-corrected chi connectivity index (χ3v) is 4.97. The van der Waals surface area contributed by atoms with Gasteiger partial charge in [-0.1, -0.05) is 0 Å². The minimum absolute atomic E-state index is 0.131. The zero-order valence-electron chi connectivity index (χ0n) is 8.15. The quantitative estimate of drug-likeness (QED) is 0.711. The van der Waals surface area contributed by atoms with E-state index < -0.39 is 10.0 Å². The van der Waals surface area contributed by atoms with E-state index in [1.165, 1.54) is 0 Å². The molecule has 0 amide bonds. The number of hydrogen-bond acceptors (Lipinski definition) is 3. The molecule has 14 heavy (non-hydrogen) atoms. The molecular formula is C9H17NO3S. The van der Waals surface area contributed by atoms with Crippen molar-refractivity contribution in [3.05, 3.63) is 0 Å². The highest BCUT2D eigenvalue weighted by atomic mass is 32.2. The maximum absolute atomic E-state index is 11.5. The summed E-state index contributed by atoms with van der Waals surface area (Å²) in [5.41, 5.74) is 0. The highest BCUT2D eigenvalue weighted by Gasteiger charge is 2.36. The molecule has 0 bridgehead atoms. The van der Waals surface area contributed by atoms with Crippen LogP contribution >= 0.6 is 0 Å². The summed E-state index contributed by atoms with van der Waals surface area (Å²) in [6, 6.07) is 0. The number of aliphatic hydroxyl groups excluding tert-OH is 1. The predicted molar refractivity (Wildman–Crippen MR) is 53.3 cm³/mol. The number of aliphatic hydroxyl groups is 1. The Bertz CT molecular complexity index is 297. The van der Waals surface area contributed by atoms with Crippen LogP contribution in [0.2, 0.25) is 0 Å². The van der Waals surface area contributed by atoms with E-state index >= 15 is 0 Å². The van der Waals surface area contributed by atoms with Crippen LogP contribution in [0.5, 0.6) is 0 Å². The Kier molecular flexibility index (Phi) is 2.81. The van der Waals surface area contributed by atoms with Crippen LogP contribution in [0, 0.1) is 5.92 Å². The van der Waals surface area contributed by atoms with Crippen LogP contribution < -0.4 is 4.72 Å². The van der Waals surface area contributed by atoms with Crippen LogP contribution in [0.15, 0.2) is 0 Å². The van der Waals surface area contributed by atoms with Gasteiger partial charge in [-0.3, -0.25) is 0 Å². The van der Waals surface area contributed by atoms with E-state index in [-0.39, 0.29) is 11.4 Å². The Morgan fingerprint density at radius 1 is 1.21 bits per heavy atom. The zero-order valence-corrected chi connectivity index (χ0v) is 8.96. The van der Waals surface area contributed by atoms with Crippen molar-refractivity contribution >= 4 is 10.0 Å². The molecule has 0 aliphatic heterocycles. The molecule has 82 valence electrons. The molecule has 0 saturated heterocycles. The molecule has 0 aromatic carbocycles.